The summed E-state index contributed by atoms with van der Waals surface area (Å²) >= 11 is 0. The largest absolute Gasteiger partial charge is 0.488 e. The van der Waals surface area contributed by atoms with Crippen molar-refractivity contribution in [2.45, 2.75) is 12.6 Å². The predicted octanol–water partition coefficient (Wildman–Crippen LogP) is 0.471. The van der Waals surface area contributed by atoms with E-state index in [4.69, 9.17) is 10.0 Å². The molecule has 6 heteroatoms. The Morgan fingerprint density at radius 3 is 2.21 bits per heavy atom. The standard InChI is InChI=1S/C8H8BF3O2/c10-8(11,12)5-6-3-1-2-4-7(6)9(13)14/h1-4,13-14H,5H2. The zero-order valence-corrected chi connectivity index (χ0v) is 7.12. The molecule has 1 aromatic carbocycles. The lowest BCUT2D eigenvalue weighted by molar-refractivity contribution is -0.127. The molecule has 0 saturated carbocycles. The van der Waals surface area contributed by atoms with E-state index < -0.39 is 19.7 Å². The molecule has 0 aliphatic carbocycles. The zero-order valence-electron chi connectivity index (χ0n) is 7.12. The summed E-state index contributed by atoms with van der Waals surface area (Å²) in [5.41, 5.74) is -0.222. The van der Waals surface area contributed by atoms with Crippen LogP contribution in [-0.4, -0.2) is 23.3 Å². The molecule has 0 heterocycles. The summed E-state index contributed by atoms with van der Waals surface area (Å²) < 4.78 is 36.1. The summed E-state index contributed by atoms with van der Waals surface area (Å²) in [4.78, 5) is 0. The van der Waals surface area contributed by atoms with Gasteiger partial charge in [0.2, 0.25) is 0 Å². The lowest BCUT2D eigenvalue weighted by Gasteiger charge is -2.10. The molecule has 0 atom stereocenters. The molecule has 76 valence electrons. The normalized spacial score (nSPS) is 11.5. The van der Waals surface area contributed by atoms with E-state index in [1.165, 1.54) is 24.3 Å². The van der Waals surface area contributed by atoms with Gasteiger partial charge in [0.1, 0.15) is 0 Å². The Balaban J connectivity index is 2.96. The summed E-state index contributed by atoms with van der Waals surface area (Å²) in [6.45, 7) is 0. The van der Waals surface area contributed by atoms with Crippen LogP contribution in [0.3, 0.4) is 0 Å². The number of benzene rings is 1. The molecular formula is C8H8BF3O2. The molecule has 0 spiro atoms. The Morgan fingerprint density at radius 2 is 1.71 bits per heavy atom. The second-order valence-corrected chi connectivity index (χ2v) is 2.86. The third-order valence-corrected chi connectivity index (χ3v) is 1.72. The van der Waals surface area contributed by atoms with Gasteiger partial charge in [0.25, 0.3) is 0 Å². The van der Waals surface area contributed by atoms with E-state index in [1.54, 1.807) is 0 Å². The molecule has 1 aromatic rings. The average Bonchev–Trinajstić information content (AvgIpc) is 2.01. The van der Waals surface area contributed by atoms with Gasteiger partial charge in [-0.2, -0.15) is 13.2 Å². The number of halogens is 3. The van der Waals surface area contributed by atoms with Gasteiger partial charge in [0.05, 0.1) is 6.42 Å². The molecule has 0 bridgehead atoms. The highest BCUT2D eigenvalue weighted by Crippen LogP contribution is 2.20. The molecule has 0 aliphatic heterocycles. The molecule has 0 aromatic heterocycles. The van der Waals surface area contributed by atoms with Crippen molar-refractivity contribution in [2.24, 2.45) is 0 Å². The van der Waals surface area contributed by atoms with E-state index in [-0.39, 0.29) is 11.0 Å². The van der Waals surface area contributed by atoms with Crippen LogP contribution in [0.2, 0.25) is 0 Å². The fraction of sp³-hybridized carbons (Fsp3) is 0.250. The minimum atomic E-state index is -4.34. The third-order valence-electron chi connectivity index (χ3n) is 1.72. The fourth-order valence-corrected chi connectivity index (χ4v) is 1.16. The smallest absolute Gasteiger partial charge is 0.423 e. The van der Waals surface area contributed by atoms with Crippen molar-refractivity contribution >= 4 is 12.6 Å². The number of hydrogen-bond acceptors (Lipinski definition) is 2. The molecule has 0 saturated heterocycles. The van der Waals surface area contributed by atoms with Crippen molar-refractivity contribution in [1.29, 1.82) is 0 Å². The van der Waals surface area contributed by atoms with Crippen molar-refractivity contribution in [3.05, 3.63) is 29.8 Å². The third kappa shape index (κ3) is 3.04. The molecule has 2 nitrogen and oxygen atoms in total. The van der Waals surface area contributed by atoms with E-state index in [1.807, 2.05) is 0 Å². The summed E-state index contributed by atoms with van der Waals surface area (Å²) in [6, 6.07) is 5.36. The van der Waals surface area contributed by atoms with Gasteiger partial charge in [0, 0.05) is 0 Å². The molecule has 0 fully saturated rings. The maximum absolute atomic E-state index is 12.0. The van der Waals surface area contributed by atoms with Crippen LogP contribution in [0.1, 0.15) is 5.56 Å². The van der Waals surface area contributed by atoms with Crippen molar-refractivity contribution in [1.82, 2.24) is 0 Å². The van der Waals surface area contributed by atoms with Crippen LogP contribution in [0.15, 0.2) is 24.3 Å². The molecule has 2 N–H and O–H groups in total. The van der Waals surface area contributed by atoms with E-state index in [0.717, 1.165) is 0 Å². The number of rotatable bonds is 2. The van der Waals surface area contributed by atoms with Crippen molar-refractivity contribution in [2.75, 3.05) is 0 Å². The SMILES string of the molecule is OB(O)c1ccccc1CC(F)(F)F. The van der Waals surface area contributed by atoms with Crippen LogP contribution >= 0.6 is 0 Å². The van der Waals surface area contributed by atoms with Crippen molar-refractivity contribution in [3.8, 4) is 0 Å². The summed E-state index contributed by atoms with van der Waals surface area (Å²) in [5.74, 6) is 0. The Kier molecular flexibility index (Phi) is 3.18. The molecule has 1 rings (SSSR count). The number of hydrogen-bond donors (Lipinski definition) is 2. The van der Waals surface area contributed by atoms with Crippen molar-refractivity contribution in [3.63, 3.8) is 0 Å². The maximum atomic E-state index is 12.0. The predicted molar refractivity (Wildman–Crippen MR) is 46.0 cm³/mol. The van der Waals surface area contributed by atoms with Crippen molar-refractivity contribution < 1.29 is 23.2 Å². The average molecular weight is 204 g/mol. The monoisotopic (exact) mass is 204 g/mol. The van der Waals surface area contributed by atoms with Crippen LogP contribution in [0.4, 0.5) is 13.2 Å². The highest BCUT2D eigenvalue weighted by atomic mass is 19.4. The van der Waals surface area contributed by atoms with E-state index in [9.17, 15) is 13.2 Å². The highest BCUT2D eigenvalue weighted by molar-refractivity contribution is 6.59. The second kappa shape index (κ2) is 4.02. The summed E-state index contributed by atoms with van der Waals surface area (Å²) in [5, 5.41) is 17.6. The lowest BCUT2D eigenvalue weighted by atomic mass is 9.76. The lowest BCUT2D eigenvalue weighted by Crippen LogP contribution is -2.34. The van der Waals surface area contributed by atoms with E-state index >= 15 is 0 Å². The van der Waals surface area contributed by atoms with Crippen LogP contribution in [0.25, 0.3) is 0 Å². The first-order valence-electron chi connectivity index (χ1n) is 3.91. The van der Waals surface area contributed by atoms with Gasteiger partial charge in [-0.05, 0) is 11.0 Å². The number of alkyl halides is 3. The molecule has 14 heavy (non-hydrogen) atoms. The minimum absolute atomic E-state index is 0.107. The molecule has 0 aliphatic rings. The fourth-order valence-electron chi connectivity index (χ4n) is 1.16. The van der Waals surface area contributed by atoms with Gasteiger partial charge in [-0.15, -0.1) is 0 Å². The van der Waals surface area contributed by atoms with Crippen LogP contribution in [0.5, 0.6) is 0 Å². The van der Waals surface area contributed by atoms with Gasteiger partial charge in [-0.1, -0.05) is 24.3 Å². The van der Waals surface area contributed by atoms with E-state index in [0.29, 0.717) is 0 Å². The molecule has 0 amide bonds. The Hall–Kier alpha value is -1.01. The van der Waals surface area contributed by atoms with Crippen LogP contribution in [0, 0.1) is 0 Å². The summed E-state index contributed by atoms with van der Waals surface area (Å²) in [6.07, 6.45) is -5.49. The molecule has 0 unspecified atom stereocenters. The highest BCUT2D eigenvalue weighted by Gasteiger charge is 2.30. The zero-order chi connectivity index (χ0) is 10.8. The van der Waals surface area contributed by atoms with Crippen LogP contribution < -0.4 is 5.46 Å². The van der Waals surface area contributed by atoms with Gasteiger partial charge in [-0.25, -0.2) is 0 Å². The first-order valence-corrected chi connectivity index (χ1v) is 3.91. The van der Waals surface area contributed by atoms with Gasteiger partial charge >= 0.3 is 13.3 Å². The first kappa shape index (κ1) is 11.1. The van der Waals surface area contributed by atoms with Gasteiger partial charge in [-0.3, -0.25) is 0 Å². The topological polar surface area (TPSA) is 40.5 Å². The van der Waals surface area contributed by atoms with E-state index in [2.05, 4.69) is 0 Å². The minimum Gasteiger partial charge on any atom is -0.423 e. The quantitative estimate of drug-likeness (QED) is 0.687. The Bertz CT molecular complexity index is 312. The maximum Gasteiger partial charge on any atom is 0.488 e. The Labute approximate surface area is 79.1 Å². The second-order valence-electron chi connectivity index (χ2n) is 2.86. The summed E-state index contributed by atoms with van der Waals surface area (Å²) in [7, 11) is -1.87. The molecule has 0 radical (unpaired) electrons. The van der Waals surface area contributed by atoms with Gasteiger partial charge in [0.15, 0.2) is 0 Å². The first-order chi connectivity index (χ1) is 6.40. The van der Waals surface area contributed by atoms with Crippen LogP contribution in [-0.2, 0) is 6.42 Å². The Morgan fingerprint density at radius 1 is 1.14 bits per heavy atom. The molecular weight excluding hydrogens is 196 g/mol. The van der Waals surface area contributed by atoms with Gasteiger partial charge < -0.3 is 10.0 Å².